The molecule has 0 saturated heterocycles. The summed E-state index contributed by atoms with van der Waals surface area (Å²) in [5, 5.41) is 0. The molecule has 0 radical (unpaired) electrons. The van der Waals surface area contributed by atoms with E-state index in [-0.39, 0.29) is 0 Å². The second kappa shape index (κ2) is 5.08. The van der Waals surface area contributed by atoms with E-state index >= 15 is 0 Å². The highest BCUT2D eigenvalue weighted by molar-refractivity contribution is 7.99. The molecular weight excluding hydrogens is 216 g/mol. The quantitative estimate of drug-likeness (QED) is 0.783. The van der Waals surface area contributed by atoms with Gasteiger partial charge in [0.05, 0.1) is 7.11 Å². The first-order valence-corrected chi connectivity index (χ1v) is 5.99. The average Bonchev–Trinajstić information content (AvgIpc) is 2.33. The van der Waals surface area contributed by atoms with Gasteiger partial charge >= 0.3 is 0 Å². The summed E-state index contributed by atoms with van der Waals surface area (Å²) < 4.78 is 5.13. The summed E-state index contributed by atoms with van der Waals surface area (Å²) in [6.07, 6.45) is 0. The molecular formula is C14H14OS. The van der Waals surface area contributed by atoms with Gasteiger partial charge in [0.2, 0.25) is 0 Å². The monoisotopic (exact) mass is 230 g/mol. The molecule has 82 valence electrons. The van der Waals surface area contributed by atoms with Crippen molar-refractivity contribution in [2.75, 3.05) is 7.11 Å². The summed E-state index contributed by atoms with van der Waals surface area (Å²) in [5.74, 6) is 0.897. The Morgan fingerprint density at radius 1 is 0.938 bits per heavy atom. The number of benzene rings is 2. The van der Waals surface area contributed by atoms with Crippen molar-refractivity contribution in [1.82, 2.24) is 0 Å². The normalized spacial score (nSPS) is 10.1. The molecule has 0 amide bonds. The predicted molar refractivity (Wildman–Crippen MR) is 68.3 cm³/mol. The molecule has 0 aliphatic heterocycles. The molecule has 0 aromatic heterocycles. The molecule has 0 N–H and O–H groups in total. The molecule has 0 spiro atoms. The van der Waals surface area contributed by atoms with Gasteiger partial charge < -0.3 is 4.74 Å². The minimum atomic E-state index is 0.897. The van der Waals surface area contributed by atoms with Gasteiger partial charge in [-0.3, -0.25) is 0 Å². The van der Waals surface area contributed by atoms with Gasteiger partial charge in [-0.25, -0.2) is 0 Å². The first-order chi connectivity index (χ1) is 7.79. The van der Waals surface area contributed by atoms with Gasteiger partial charge in [0, 0.05) is 9.79 Å². The highest BCUT2D eigenvalue weighted by Gasteiger charge is 2.00. The smallest absolute Gasteiger partial charge is 0.118 e. The molecule has 2 rings (SSSR count). The molecule has 0 aliphatic rings. The van der Waals surface area contributed by atoms with Crippen LogP contribution < -0.4 is 4.74 Å². The lowest BCUT2D eigenvalue weighted by Gasteiger charge is -2.05. The molecule has 0 unspecified atom stereocenters. The Labute approximate surface area is 100 Å². The number of ether oxygens (including phenoxy) is 1. The van der Waals surface area contributed by atoms with Crippen molar-refractivity contribution in [1.29, 1.82) is 0 Å². The predicted octanol–water partition coefficient (Wildman–Crippen LogP) is 4.15. The topological polar surface area (TPSA) is 9.23 Å². The molecule has 0 heterocycles. The third-order valence-electron chi connectivity index (χ3n) is 2.38. The van der Waals surface area contributed by atoms with Crippen molar-refractivity contribution in [3.63, 3.8) is 0 Å². The fourth-order valence-electron chi connectivity index (χ4n) is 1.44. The zero-order valence-corrected chi connectivity index (χ0v) is 10.3. The lowest BCUT2D eigenvalue weighted by atomic mass is 10.2. The van der Waals surface area contributed by atoms with E-state index in [9.17, 15) is 0 Å². The maximum absolute atomic E-state index is 5.13. The lowest BCUT2D eigenvalue weighted by Crippen LogP contribution is -1.82. The van der Waals surface area contributed by atoms with Gasteiger partial charge in [-0.15, -0.1) is 0 Å². The van der Waals surface area contributed by atoms with E-state index in [0.717, 1.165) is 5.75 Å². The summed E-state index contributed by atoms with van der Waals surface area (Å²) in [6.45, 7) is 2.13. The van der Waals surface area contributed by atoms with Gasteiger partial charge in [-0.1, -0.05) is 30.0 Å². The largest absolute Gasteiger partial charge is 0.497 e. The van der Waals surface area contributed by atoms with Gasteiger partial charge in [-0.05, 0) is 42.8 Å². The van der Waals surface area contributed by atoms with Crippen LogP contribution >= 0.6 is 11.8 Å². The number of methoxy groups -OCH3 is 1. The Morgan fingerprint density at radius 3 is 2.25 bits per heavy atom. The summed E-state index contributed by atoms with van der Waals surface area (Å²) in [5.41, 5.74) is 1.31. The highest BCUT2D eigenvalue weighted by Crippen LogP contribution is 2.30. The maximum atomic E-state index is 5.13. The van der Waals surface area contributed by atoms with Crippen molar-refractivity contribution < 1.29 is 4.74 Å². The Morgan fingerprint density at radius 2 is 1.62 bits per heavy atom. The average molecular weight is 230 g/mol. The van der Waals surface area contributed by atoms with Crippen LogP contribution in [-0.2, 0) is 0 Å². The number of hydrogen-bond donors (Lipinski definition) is 0. The molecule has 0 aliphatic carbocycles. The highest BCUT2D eigenvalue weighted by atomic mass is 32.2. The van der Waals surface area contributed by atoms with Crippen molar-refractivity contribution >= 4 is 11.8 Å². The van der Waals surface area contributed by atoms with Crippen LogP contribution in [-0.4, -0.2) is 7.11 Å². The van der Waals surface area contributed by atoms with Crippen LogP contribution in [0.25, 0.3) is 0 Å². The minimum absolute atomic E-state index is 0.897. The van der Waals surface area contributed by atoms with Crippen LogP contribution in [0.2, 0.25) is 0 Å². The van der Waals surface area contributed by atoms with Crippen LogP contribution in [0.3, 0.4) is 0 Å². The Bertz CT molecular complexity index is 462. The number of rotatable bonds is 3. The zero-order chi connectivity index (χ0) is 11.4. The summed E-state index contributed by atoms with van der Waals surface area (Å²) in [6, 6.07) is 16.5. The van der Waals surface area contributed by atoms with E-state index in [1.807, 2.05) is 12.1 Å². The van der Waals surface area contributed by atoms with E-state index in [0.29, 0.717) is 0 Å². The third-order valence-corrected chi connectivity index (χ3v) is 3.57. The van der Waals surface area contributed by atoms with Crippen LogP contribution in [0, 0.1) is 6.92 Å². The standard InChI is InChI=1S/C14H14OS/c1-11-5-3-4-6-14(11)16-13-9-7-12(15-2)8-10-13/h3-10H,1-2H3. The lowest BCUT2D eigenvalue weighted by molar-refractivity contribution is 0.414. The van der Waals surface area contributed by atoms with E-state index in [1.165, 1.54) is 15.4 Å². The summed E-state index contributed by atoms with van der Waals surface area (Å²) in [7, 11) is 1.68. The summed E-state index contributed by atoms with van der Waals surface area (Å²) >= 11 is 1.78. The van der Waals surface area contributed by atoms with Crippen molar-refractivity contribution in [3.05, 3.63) is 54.1 Å². The van der Waals surface area contributed by atoms with E-state index in [2.05, 4.69) is 43.3 Å². The van der Waals surface area contributed by atoms with E-state index in [4.69, 9.17) is 4.74 Å². The minimum Gasteiger partial charge on any atom is -0.497 e. The molecule has 0 fully saturated rings. The SMILES string of the molecule is COc1ccc(Sc2ccccc2C)cc1. The Balaban J connectivity index is 2.18. The van der Waals surface area contributed by atoms with Crippen molar-refractivity contribution in [2.24, 2.45) is 0 Å². The molecule has 2 heteroatoms. The first kappa shape index (κ1) is 11.1. The zero-order valence-electron chi connectivity index (χ0n) is 9.44. The fraction of sp³-hybridized carbons (Fsp3) is 0.143. The maximum Gasteiger partial charge on any atom is 0.118 e. The molecule has 0 atom stereocenters. The first-order valence-electron chi connectivity index (χ1n) is 5.17. The van der Waals surface area contributed by atoms with E-state index in [1.54, 1.807) is 18.9 Å². The Hall–Kier alpha value is -1.41. The molecule has 0 saturated carbocycles. The number of hydrogen-bond acceptors (Lipinski definition) is 2. The molecule has 0 bridgehead atoms. The number of aryl methyl sites for hydroxylation is 1. The van der Waals surface area contributed by atoms with Crippen LogP contribution in [0.5, 0.6) is 5.75 Å². The van der Waals surface area contributed by atoms with Gasteiger partial charge in [0.15, 0.2) is 0 Å². The fourth-order valence-corrected chi connectivity index (χ4v) is 2.34. The van der Waals surface area contributed by atoms with Crippen LogP contribution in [0.1, 0.15) is 5.56 Å². The second-order valence-corrected chi connectivity index (χ2v) is 4.66. The van der Waals surface area contributed by atoms with Gasteiger partial charge in [0.1, 0.15) is 5.75 Å². The molecule has 2 aromatic carbocycles. The second-order valence-electron chi connectivity index (χ2n) is 3.54. The molecule has 2 aromatic rings. The van der Waals surface area contributed by atoms with Crippen molar-refractivity contribution in [2.45, 2.75) is 16.7 Å². The van der Waals surface area contributed by atoms with Gasteiger partial charge in [-0.2, -0.15) is 0 Å². The van der Waals surface area contributed by atoms with Gasteiger partial charge in [0.25, 0.3) is 0 Å². The van der Waals surface area contributed by atoms with Crippen LogP contribution in [0.4, 0.5) is 0 Å². The third kappa shape index (κ3) is 2.58. The van der Waals surface area contributed by atoms with Crippen molar-refractivity contribution in [3.8, 4) is 5.75 Å². The van der Waals surface area contributed by atoms with Crippen LogP contribution in [0.15, 0.2) is 58.3 Å². The summed E-state index contributed by atoms with van der Waals surface area (Å²) in [4.78, 5) is 2.53. The molecule has 16 heavy (non-hydrogen) atoms. The molecule has 1 nitrogen and oxygen atoms in total. The Kier molecular flexibility index (Phi) is 3.52. The van der Waals surface area contributed by atoms with E-state index < -0.39 is 0 Å².